The second-order valence-corrected chi connectivity index (χ2v) is 5.26. The molecule has 0 aliphatic heterocycles. The lowest BCUT2D eigenvalue weighted by atomic mass is 10.1. The lowest BCUT2D eigenvalue weighted by Gasteiger charge is -2.12. The smallest absolute Gasteiger partial charge is 0.137 e. The second-order valence-electron chi connectivity index (χ2n) is 4.47. The molecule has 0 saturated heterocycles. The molecule has 2 aromatic rings. The van der Waals surface area contributed by atoms with Gasteiger partial charge in [-0.05, 0) is 40.0 Å². The zero-order valence-electron chi connectivity index (χ0n) is 10.9. The molecule has 0 fully saturated rings. The summed E-state index contributed by atoms with van der Waals surface area (Å²) in [6.45, 7) is 2.02. The molecule has 1 aromatic heterocycles. The van der Waals surface area contributed by atoms with Crippen LogP contribution in [0.4, 0.5) is 4.39 Å². The van der Waals surface area contributed by atoms with Gasteiger partial charge in [0.15, 0.2) is 0 Å². The Morgan fingerprint density at radius 1 is 1.47 bits per heavy atom. The number of halogens is 2. The molecule has 0 aliphatic carbocycles. The highest BCUT2D eigenvalue weighted by Gasteiger charge is 2.16. The molecule has 0 radical (unpaired) electrons. The first-order valence-corrected chi connectivity index (χ1v) is 6.96. The van der Waals surface area contributed by atoms with Gasteiger partial charge in [-0.2, -0.15) is 5.10 Å². The van der Waals surface area contributed by atoms with Crippen molar-refractivity contribution in [3.63, 3.8) is 0 Å². The van der Waals surface area contributed by atoms with E-state index < -0.39 is 6.10 Å². The number of aryl methyl sites for hydroxylation is 2. The lowest BCUT2D eigenvalue weighted by Crippen LogP contribution is -2.08. The maximum Gasteiger partial charge on any atom is 0.137 e. The Kier molecular flexibility index (Phi) is 4.37. The fourth-order valence-corrected chi connectivity index (χ4v) is 2.47. The van der Waals surface area contributed by atoms with E-state index in [1.165, 1.54) is 6.07 Å². The molecule has 0 spiro atoms. The van der Waals surface area contributed by atoms with Gasteiger partial charge in [-0.25, -0.2) is 4.39 Å². The van der Waals surface area contributed by atoms with Gasteiger partial charge in [0.1, 0.15) is 5.82 Å². The summed E-state index contributed by atoms with van der Waals surface area (Å²) < 4.78 is 15.5. The number of hydrogen-bond donors (Lipinski definition) is 1. The first-order chi connectivity index (χ1) is 9.02. The van der Waals surface area contributed by atoms with Gasteiger partial charge in [-0.15, -0.1) is 0 Å². The summed E-state index contributed by atoms with van der Waals surface area (Å²) >= 11 is 3.21. The zero-order chi connectivity index (χ0) is 14.0. The number of nitrogens with zero attached hydrogens (tertiary/aromatic N) is 2. The van der Waals surface area contributed by atoms with Crippen molar-refractivity contribution < 1.29 is 9.50 Å². The topological polar surface area (TPSA) is 38.0 Å². The van der Waals surface area contributed by atoms with Crippen LogP contribution in [0.25, 0.3) is 0 Å². The second kappa shape index (κ2) is 5.84. The summed E-state index contributed by atoms with van der Waals surface area (Å²) in [6.07, 6.45) is 0.474. The van der Waals surface area contributed by atoms with E-state index in [0.29, 0.717) is 10.9 Å². The van der Waals surface area contributed by atoms with E-state index in [-0.39, 0.29) is 5.82 Å². The van der Waals surface area contributed by atoms with Crippen molar-refractivity contribution in [2.45, 2.75) is 25.9 Å². The molecular formula is C14H16BrFN2O. The van der Waals surface area contributed by atoms with Crippen LogP contribution in [0.5, 0.6) is 0 Å². The fraction of sp³-hybridized carbons (Fsp3) is 0.357. The van der Waals surface area contributed by atoms with Gasteiger partial charge in [0, 0.05) is 13.5 Å². The Morgan fingerprint density at radius 3 is 2.84 bits per heavy atom. The van der Waals surface area contributed by atoms with Crippen LogP contribution in [0.1, 0.15) is 30.0 Å². The quantitative estimate of drug-likeness (QED) is 0.937. The van der Waals surface area contributed by atoms with Crippen LogP contribution >= 0.6 is 15.9 Å². The third-order valence-corrected chi connectivity index (χ3v) is 4.00. The highest BCUT2D eigenvalue weighted by molar-refractivity contribution is 9.10. The van der Waals surface area contributed by atoms with E-state index in [1.54, 1.807) is 23.9 Å². The van der Waals surface area contributed by atoms with Gasteiger partial charge in [-0.1, -0.05) is 19.1 Å². The summed E-state index contributed by atoms with van der Waals surface area (Å²) in [5, 5.41) is 14.6. The molecule has 1 atom stereocenters. The lowest BCUT2D eigenvalue weighted by molar-refractivity contribution is 0.168. The molecule has 0 bridgehead atoms. The fourth-order valence-electron chi connectivity index (χ4n) is 2.05. The average Bonchev–Trinajstić information content (AvgIpc) is 2.76. The molecule has 3 nitrogen and oxygen atoms in total. The van der Waals surface area contributed by atoms with Crippen molar-refractivity contribution in [3.8, 4) is 0 Å². The van der Waals surface area contributed by atoms with Crippen LogP contribution in [-0.4, -0.2) is 14.9 Å². The largest absolute Gasteiger partial charge is 0.386 e. The van der Waals surface area contributed by atoms with E-state index in [4.69, 9.17) is 0 Å². The predicted molar refractivity (Wildman–Crippen MR) is 75.3 cm³/mol. The van der Waals surface area contributed by atoms with Crippen LogP contribution in [0.15, 0.2) is 28.7 Å². The minimum Gasteiger partial charge on any atom is -0.386 e. The SMILES string of the molecule is CCc1cc(C(O)Cc2cccc(F)c2Br)n(C)n1. The third kappa shape index (κ3) is 3.04. The third-order valence-electron chi connectivity index (χ3n) is 3.12. The minimum atomic E-state index is -0.698. The molecule has 1 aromatic carbocycles. The molecule has 1 unspecified atom stereocenters. The van der Waals surface area contributed by atoms with E-state index in [0.717, 1.165) is 23.4 Å². The number of benzene rings is 1. The number of aliphatic hydroxyl groups excluding tert-OH is 1. The van der Waals surface area contributed by atoms with Crippen LogP contribution in [0.3, 0.4) is 0 Å². The first kappa shape index (κ1) is 14.2. The summed E-state index contributed by atoms with van der Waals surface area (Å²) in [5.74, 6) is -0.316. The molecule has 19 heavy (non-hydrogen) atoms. The molecular weight excluding hydrogens is 311 g/mol. The molecule has 1 N–H and O–H groups in total. The molecule has 0 amide bonds. The van der Waals surface area contributed by atoms with Gasteiger partial charge < -0.3 is 5.11 Å². The molecule has 5 heteroatoms. The van der Waals surface area contributed by atoms with Crippen molar-refractivity contribution in [1.29, 1.82) is 0 Å². The van der Waals surface area contributed by atoms with E-state index >= 15 is 0 Å². The van der Waals surface area contributed by atoms with Crippen molar-refractivity contribution in [3.05, 3.63) is 51.5 Å². The van der Waals surface area contributed by atoms with Crippen LogP contribution in [-0.2, 0) is 19.9 Å². The van der Waals surface area contributed by atoms with Crippen molar-refractivity contribution in [1.82, 2.24) is 9.78 Å². The Balaban J connectivity index is 2.22. The first-order valence-electron chi connectivity index (χ1n) is 6.16. The Labute approximate surface area is 120 Å². The van der Waals surface area contributed by atoms with Gasteiger partial charge in [0.2, 0.25) is 0 Å². The Bertz CT molecular complexity index is 583. The number of aromatic nitrogens is 2. The number of aliphatic hydroxyl groups is 1. The normalized spacial score (nSPS) is 12.7. The van der Waals surface area contributed by atoms with Crippen LogP contribution < -0.4 is 0 Å². The van der Waals surface area contributed by atoms with E-state index in [2.05, 4.69) is 21.0 Å². The summed E-state index contributed by atoms with van der Waals surface area (Å²) in [5.41, 5.74) is 2.43. The predicted octanol–water partition coefficient (Wildman–Crippen LogP) is 3.16. The number of hydrogen-bond acceptors (Lipinski definition) is 2. The van der Waals surface area contributed by atoms with Crippen molar-refractivity contribution in [2.75, 3.05) is 0 Å². The van der Waals surface area contributed by atoms with Crippen molar-refractivity contribution >= 4 is 15.9 Å². The van der Waals surface area contributed by atoms with E-state index in [9.17, 15) is 9.50 Å². The molecule has 102 valence electrons. The molecule has 2 rings (SSSR count). The standard InChI is InChI=1S/C14H16BrFN2O/c1-3-10-8-12(18(2)17-10)13(19)7-9-5-4-6-11(16)14(9)15/h4-6,8,13,19H,3,7H2,1-2H3. The Hall–Kier alpha value is -1.20. The van der Waals surface area contributed by atoms with Gasteiger partial charge in [0.25, 0.3) is 0 Å². The molecule has 0 saturated carbocycles. The summed E-state index contributed by atoms with van der Waals surface area (Å²) in [7, 11) is 1.80. The molecule has 0 aliphatic rings. The Morgan fingerprint density at radius 2 is 2.21 bits per heavy atom. The van der Waals surface area contributed by atoms with E-state index in [1.807, 2.05) is 13.0 Å². The zero-order valence-corrected chi connectivity index (χ0v) is 12.5. The van der Waals surface area contributed by atoms with Crippen molar-refractivity contribution in [2.24, 2.45) is 7.05 Å². The van der Waals surface area contributed by atoms with Crippen LogP contribution in [0.2, 0.25) is 0 Å². The maximum absolute atomic E-state index is 13.4. The minimum absolute atomic E-state index is 0.316. The van der Waals surface area contributed by atoms with Gasteiger partial charge >= 0.3 is 0 Å². The van der Waals surface area contributed by atoms with Gasteiger partial charge in [0.05, 0.1) is 22.0 Å². The monoisotopic (exact) mass is 326 g/mol. The summed E-state index contributed by atoms with van der Waals surface area (Å²) in [6, 6.07) is 6.72. The average molecular weight is 327 g/mol. The highest BCUT2D eigenvalue weighted by atomic mass is 79.9. The highest BCUT2D eigenvalue weighted by Crippen LogP contribution is 2.26. The number of rotatable bonds is 4. The maximum atomic E-state index is 13.4. The van der Waals surface area contributed by atoms with Crippen LogP contribution in [0, 0.1) is 5.82 Å². The van der Waals surface area contributed by atoms with Gasteiger partial charge in [-0.3, -0.25) is 4.68 Å². The molecule has 1 heterocycles. The summed E-state index contributed by atoms with van der Waals surface area (Å²) in [4.78, 5) is 0.